The molecule has 2 heterocycles. The van der Waals surface area contributed by atoms with Crippen molar-refractivity contribution in [1.82, 2.24) is 8.97 Å². The van der Waals surface area contributed by atoms with E-state index in [9.17, 15) is 14.7 Å². The summed E-state index contributed by atoms with van der Waals surface area (Å²) < 4.78 is 2.91. The summed E-state index contributed by atoms with van der Waals surface area (Å²) in [6, 6.07) is 16.2. The Balaban J connectivity index is 1.88. The zero-order chi connectivity index (χ0) is 19.0. The normalized spacial score (nSPS) is 11.0. The van der Waals surface area contributed by atoms with Gasteiger partial charge in [0.2, 0.25) is 5.43 Å². The molecule has 0 bridgehead atoms. The number of aromatic hydroxyl groups is 1. The van der Waals surface area contributed by atoms with Crippen LogP contribution in [-0.4, -0.2) is 14.1 Å². The second-order valence-corrected chi connectivity index (χ2v) is 6.64. The third-order valence-electron chi connectivity index (χ3n) is 4.41. The number of nitrogens with zero attached hydrogens (tertiary/aromatic N) is 2. The van der Waals surface area contributed by atoms with Crippen LogP contribution in [0, 0.1) is 0 Å². The molecule has 27 heavy (non-hydrogen) atoms. The van der Waals surface area contributed by atoms with Crippen LogP contribution in [0.25, 0.3) is 16.6 Å². The quantitative estimate of drug-likeness (QED) is 0.593. The number of fused-ring (bicyclic) bond motifs is 1. The molecule has 5 nitrogen and oxygen atoms in total. The van der Waals surface area contributed by atoms with Crippen LogP contribution < -0.4 is 11.0 Å². The molecule has 0 fully saturated rings. The lowest BCUT2D eigenvalue weighted by atomic mass is 10.1. The van der Waals surface area contributed by atoms with E-state index < -0.39 is 16.7 Å². The Morgan fingerprint density at radius 2 is 1.74 bits per heavy atom. The predicted octanol–water partition coefficient (Wildman–Crippen LogP) is 3.54. The number of rotatable bonds is 3. The maximum absolute atomic E-state index is 12.8. The summed E-state index contributed by atoms with van der Waals surface area (Å²) in [6.45, 7) is 0.282. The van der Waals surface area contributed by atoms with Crippen molar-refractivity contribution in [2.24, 2.45) is 0 Å². The third-order valence-corrected chi connectivity index (χ3v) is 4.64. The first-order valence-corrected chi connectivity index (χ1v) is 8.69. The summed E-state index contributed by atoms with van der Waals surface area (Å²) in [5, 5.41) is 11.0. The molecule has 0 aliphatic carbocycles. The number of aromatic nitrogens is 2. The second-order valence-electron chi connectivity index (χ2n) is 6.20. The Morgan fingerprint density at radius 1 is 0.963 bits per heavy atom. The van der Waals surface area contributed by atoms with E-state index in [4.69, 9.17) is 11.6 Å². The van der Waals surface area contributed by atoms with Crippen LogP contribution in [0.3, 0.4) is 0 Å². The number of pyridine rings is 1. The van der Waals surface area contributed by atoms with Gasteiger partial charge in [-0.3, -0.25) is 9.59 Å². The molecule has 0 amide bonds. The largest absolute Gasteiger partial charge is 0.503 e. The van der Waals surface area contributed by atoms with Gasteiger partial charge < -0.3 is 14.1 Å². The van der Waals surface area contributed by atoms with E-state index >= 15 is 0 Å². The number of halogens is 1. The highest BCUT2D eigenvalue weighted by atomic mass is 35.5. The maximum Gasteiger partial charge on any atom is 0.279 e. The van der Waals surface area contributed by atoms with Gasteiger partial charge in [-0.25, -0.2) is 0 Å². The van der Waals surface area contributed by atoms with E-state index in [1.54, 1.807) is 48.9 Å². The van der Waals surface area contributed by atoms with Crippen molar-refractivity contribution in [2.45, 2.75) is 6.54 Å². The summed E-state index contributed by atoms with van der Waals surface area (Å²) in [5.41, 5.74) is 0.777. The van der Waals surface area contributed by atoms with Crippen LogP contribution in [0.2, 0.25) is 5.02 Å². The molecule has 1 N–H and O–H groups in total. The Labute approximate surface area is 159 Å². The first-order chi connectivity index (χ1) is 13.0. The molecule has 4 rings (SSSR count). The summed E-state index contributed by atoms with van der Waals surface area (Å²) in [7, 11) is 0. The van der Waals surface area contributed by atoms with E-state index in [1.807, 2.05) is 24.3 Å². The highest BCUT2D eigenvalue weighted by Gasteiger charge is 2.15. The van der Waals surface area contributed by atoms with E-state index in [-0.39, 0.29) is 12.1 Å². The lowest BCUT2D eigenvalue weighted by molar-refractivity contribution is 0.472. The van der Waals surface area contributed by atoms with Gasteiger partial charge >= 0.3 is 0 Å². The van der Waals surface area contributed by atoms with E-state index in [2.05, 4.69) is 0 Å². The van der Waals surface area contributed by atoms with Crippen molar-refractivity contribution in [1.29, 1.82) is 0 Å². The van der Waals surface area contributed by atoms with Gasteiger partial charge in [-0.05, 0) is 23.3 Å². The smallest absolute Gasteiger partial charge is 0.279 e. The molecule has 0 aliphatic heterocycles. The monoisotopic (exact) mass is 378 g/mol. The Bertz CT molecular complexity index is 1260. The Hall–Kier alpha value is -3.31. The third kappa shape index (κ3) is 3.13. The maximum atomic E-state index is 12.8. The van der Waals surface area contributed by atoms with Crippen LogP contribution in [-0.2, 0) is 6.54 Å². The fourth-order valence-corrected chi connectivity index (χ4v) is 3.30. The standard InChI is InChI=1S/C21H15ClN2O3/c22-16-8-4-5-14(11-16)12-24-10-9-23-13-17(15-6-2-1-3-7-15)19(25)20(26)18(23)21(24)27/h1-11,13,26H,12H2. The molecule has 6 heteroatoms. The van der Waals surface area contributed by atoms with Crippen molar-refractivity contribution in [3.63, 3.8) is 0 Å². The molecular weight excluding hydrogens is 364 g/mol. The fraction of sp³-hybridized carbons (Fsp3) is 0.0476. The van der Waals surface area contributed by atoms with Gasteiger partial charge in [0.25, 0.3) is 5.56 Å². The average Bonchev–Trinajstić information content (AvgIpc) is 2.67. The topological polar surface area (TPSA) is 63.7 Å². The van der Waals surface area contributed by atoms with Gasteiger partial charge in [0.15, 0.2) is 11.3 Å². The summed E-state index contributed by atoms with van der Waals surface area (Å²) in [5.74, 6) is -0.554. The highest BCUT2D eigenvalue weighted by molar-refractivity contribution is 6.30. The molecule has 0 unspecified atom stereocenters. The second kappa shape index (κ2) is 6.78. The molecule has 2 aromatic heterocycles. The molecular formula is C21H15ClN2O3. The van der Waals surface area contributed by atoms with Crippen LogP contribution >= 0.6 is 11.6 Å². The average molecular weight is 379 g/mol. The fourth-order valence-electron chi connectivity index (χ4n) is 3.08. The number of benzene rings is 2. The predicted molar refractivity (Wildman–Crippen MR) is 106 cm³/mol. The van der Waals surface area contributed by atoms with Gasteiger partial charge in [-0.1, -0.05) is 54.1 Å². The Morgan fingerprint density at radius 3 is 2.48 bits per heavy atom. The summed E-state index contributed by atoms with van der Waals surface area (Å²) >= 11 is 5.99. The van der Waals surface area contributed by atoms with Crippen molar-refractivity contribution in [2.75, 3.05) is 0 Å². The Kier molecular flexibility index (Phi) is 4.30. The van der Waals surface area contributed by atoms with Crippen LogP contribution in [0.5, 0.6) is 5.75 Å². The minimum atomic E-state index is -0.571. The number of hydrogen-bond donors (Lipinski definition) is 1. The van der Waals surface area contributed by atoms with Gasteiger partial charge in [0.1, 0.15) is 0 Å². The van der Waals surface area contributed by atoms with Crippen LogP contribution in [0.1, 0.15) is 5.56 Å². The zero-order valence-electron chi connectivity index (χ0n) is 14.2. The first-order valence-electron chi connectivity index (χ1n) is 8.32. The van der Waals surface area contributed by atoms with E-state index in [1.165, 1.54) is 8.97 Å². The first kappa shape index (κ1) is 17.1. The SMILES string of the molecule is O=c1c(-c2ccccc2)cn2ccn(Cc3cccc(Cl)c3)c(=O)c2c1O. The van der Waals surface area contributed by atoms with Crippen molar-refractivity contribution >= 4 is 17.1 Å². The lowest BCUT2D eigenvalue weighted by Gasteiger charge is -2.11. The van der Waals surface area contributed by atoms with Gasteiger partial charge in [0, 0.05) is 29.2 Å². The summed E-state index contributed by atoms with van der Waals surface area (Å²) in [4.78, 5) is 25.5. The molecule has 0 aliphatic rings. The lowest BCUT2D eigenvalue weighted by Crippen LogP contribution is -2.24. The summed E-state index contributed by atoms with van der Waals surface area (Å²) in [6.07, 6.45) is 4.83. The molecule has 0 atom stereocenters. The molecule has 2 aromatic carbocycles. The molecule has 0 radical (unpaired) electrons. The molecule has 134 valence electrons. The highest BCUT2D eigenvalue weighted by Crippen LogP contribution is 2.20. The van der Waals surface area contributed by atoms with Gasteiger partial charge in [0.05, 0.1) is 6.54 Å². The van der Waals surface area contributed by atoms with Gasteiger partial charge in [-0.15, -0.1) is 0 Å². The minimum absolute atomic E-state index is 0.0517. The van der Waals surface area contributed by atoms with Crippen LogP contribution in [0.15, 0.2) is 82.8 Å². The minimum Gasteiger partial charge on any atom is -0.503 e. The van der Waals surface area contributed by atoms with E-state index in [0.29, 0.717) is 16.1 Å². The number of hydrogen-bond acceptors (Lipinski definition) is 3. The zero-order valence-corrected chi connectivity index (χ0v) is 14.9. The van der Waals surface area contributed by atoms with Crippen LogP contribution in [0.4, 0.5) is 0 Å². The van der Waals surface area contributed by atoms with E-state index in [0.717, 1.165) is 5.56 Å². The van der Waals surface area contributed by atoms with Crippen molar-refractivity contribution < 1.29 is 5.11 Å². The van der Waals surface area contributed by atoms with Crippen molar-refractivity contribution in [3.05, 3.63) is 104 Å². The molecule has 0 saturated carbocycles. The molecule has 0 spiro atoms. The van der Waals surface area contributed by atoms with Gasteiger partial charge in [-0.2, -0.15) is 0 Å². The van der Waals surface area contributed by atoms with Crippen molar-refractivity contribution in [3.8, 4) is 16.9 Å². The molecule has 4 aromatic rings. The molecule has 0 saturated heterocycles.